The minimum absolute atomic E-state index is 0.0992. The zero-order valence-electron chi connectivity index (χ0n) is 18.2. The molecule has 1 atom stereocenters. The molecule has 7 heteroatoms. The molecule has 0 aromatic heterocycles. The number of anilines is 1. The number of amides is 1. The van der Waals surface area contributed by atoms with Crippen LogP contribution in [0.4, 0.5) is 5.69 Å². The van der Waals surface area contributed by atoms with Crippen LogP contribution >= 0.6 is 0 Å². The average Bonchev–Trinajstić information content (AvgIpc) is 3.34. The first-order valence-corrected chi connectivity index (χ1v) is 11.4. The molecule has 0 N–H and O–H groups in total. The van der Waals surface area contributed by atoms with E-state index in [2.05, 4.69) is 21.9 Å². The van der Waals surface area contributed by atoms with Crippen LogP contribution in [-0.4, -0.2) is 68.2 Å². The maximum absolute atomic E-state index is 13.2. The molecule has 3 aliphatic heterocycles. The van der Waals surface area contributed by atoms with Crippen molar-refractivity contribution in [3.63, 3.8) is 0 Å². The SMILES string of the molecule is N#Cc1ccccc1N1CCN(CC(=O)N2CCCC2c2ccc3c(c2)OCCO3)CC1. The second-order valence-electron chi connectivity index (χ2n) is 8.54. The molecule has 2 aromatic rings. The third kappa shape index (κ3) is 4.11. The number of carbonyl (C=O) groups is 1. The molecule has 7 nitrogen and oxygen atoms in total. The molecule has 1 amide bonds. The van der Waals surface area contributed by atoms with Gasteiger partial charge in [0, 0.05) is 32.7 Å². The summed E-state index contributed by atoms with van der Waals surface area (Å²) in [6.07, 6.45) is 1.99. The van der Waals surface area contributed by atoms with Gasteiger partial charge in [-0.25, -0.2) is 0 Å². The van der Waals surface area contributed by atoms with Crippen molar-refractivity contribution in [3.8, 4) is 17.6 Å². The molecule has 2 saturated heterocycles. The number of nitriles is 1. The number of para-hydroxylation sites is 1. The van der Waals surface area contributed by atoms with E-state index in [0.29, 0.717) is 25.3 Å². The van der Waals surface area contributed by atoms with Crippen LogP contribution in [0, 0.1) is 11.3 Å². The van der Waals surface area contributed by atoms with E-state index < -0.39 is 0 Å². The molecule has 0 aliphatic carbocycles. The summed E-state index contributed by atoms with van der Waals surface area (Å²) in [4.78, 5) is 19.7. The first-order chi connectivity index (χ1) is 15.7. The molecular weight excluding hydrogens is 404 g/mol. The fourth-order valence-electron chi connectivity index (χ4n) is 4.95. The second-order valence-corrected chi connectivity index (χ2v) is 8.54. The zero-order valence-corrected chi connectivity index (χ0v) is 18.2. The van der Waals surface area contributed by atoms with Crippen LogP contribution in [-0.2, 0) is 4.79 Å². The minimum Gasteiger partial charge on any atom is -0.486 e. The molecule has 32 heavy (non-hydrogen) atoms. The van der Waals surface area contributed by atoms with E-state index in [1.807, 2.05) is 41.3 Å². The van der Waals surface area contributed by atoms with E-state index >= 15 is 0 Å². The largest absolute Gasteiger partial charge is 0.486 e. The Morgan fingerprint density at radius 2 is 1.78 bits per heavy atom. The summed E-state index contributed by atoms with van der Waals surface area (Å²) in [5.74, 6) is 1.75. The van der Waals surface area contributed by atoms with E-state index in [-0.39, 0.29) is 11.9 Å². The van der Waals surface area contributed by atoms with Gasteiger partial charge in [0.2, 0.25) is 5.91 Å². The van der Waals surface area contributed by atoms with Crippen molar-refractivity contribution in [1.29, 1.82) is 5.26 Å². The lowest BCUT2D eigenvalue weighted by Gasteiger charge is -2.37. The van der Waals surface area contributed by atoms with Crippen LogP contribution in [0.2, 0.25) is 0 Å². The molecule has 1 unspecified atom stereocenters. The van der Waals surface area contributed by atoms with Gasteiger partial charge in [0.1, 0.15) is 19.3 Å². The molecule has 166 valence electrons. The third-order valence-corrected chi connectivity index (χ3v) is 6.62. The lowest BCUT2D eigenvalue weighted by Crippen LogP contribution is -2.50. The van der Waals surface area contributed by atoms with Crippen LogP contribution in [0.1, 0.15) is 30.0 Å². The summed E-state index contributed by atoms with van der Waals surface area (Å²) in [6.45, 7) is 5.64. The number of fused-ring (bicyclic) bond motifs is 1. The highest BCUT2D eigenvalue weighted by Gasteiger charge is 2.32. The van der Waals surface area contributed by atoms with Gasteiger partial charge >= 0.3 is 0 Å². The van der Waals surface area contributed by atoms with Gasteiger partial charge in [-0.3, -0.25) is 9.69 Å². The number of benzene rings is 2. The summed E-state index contributed by atoms with van der Waals surface area (Å²) in [5.41, 5.74) is 2.81. The first kappa shape index (κ1) is 20.7. The molecule has 0 bridgehead atoms. The summed E-state index contributed by atoms with van der Waals surface area (Å²) >= 11 is 0. The standard InChI is InChI=1S/C25H28N4O3/c26-17-20-4-1-2-5-21(20)28-12-10-27(11-13-28)18-25(30)29-9-3-6-22(29)19-7-8-23-24(16-19)32-15-14-31-23/h1-2,4-5,7-8,16,22H,3,6,9-15,18H2. The quantitative estimate of drug-likeness (QED) is 0.740. The van der Waals surface area contributed by atoms with E-state index in [9.17, 15) is 10.1 Å². The monoisotopic (exact) mass is 432 g/mol. The Labute approximate surface area is 188 Å². The fraction of sp³-hybridized carbons (Fsp3) is 0.440. The summed E-state index contributed by atoms with van der Waals surface area (Å²) < 4.78 is 11.4. The van der Waals surface area contributed by atoms with Crippen LogP contribution in [0.3, 0.4) is 0 Å². The van der Waals surface area contributed by atoms with Crippen LogP contribution in [0.5, 0.6) is 11.5 Å². The first-order valence-electron chi connectivity index (χ1n) is 11.4. The molecule has 3 heterocycles. The third-order valence-electron chi connectivity index (χ3n) is 6.62. The molecule has 3 aliphatic rings. The number of nitrogens with zero attached hydrogens (tertiary/aromatic N) is 4. The van der Waals surface area contributed by atoms with E-state index in [0.717, 1.165) is 68.3 Å². The number of carbonyl (C=O) groups excluding carboxylic acids is 1. The summed E-state index contributed by atoms with van der Waals surface area (Å²) in [7, 11) is 0. The number of hydrogen-bond acceptors (Lipinski definition) is 6. The van der Waals surface area contributed by atoms with Gasteiger partial charge in [0.25, 0.3) is 0 Å². The number of ether oxygens (including phenoxy) is 2. The number of hydrogen-bond donors (Lipinski definition) is 0. The Kier molecular flexibility index (Phi) is 5.87. The van der Waals surface area contributed by atoms with Gasteiger partial charge in [0.15, 0.2) is 11.5 Å². The van der Waals surface area contributed by atoms with Crippen LogP contribution < -0.4 is 14.4 Å². The normalized spacial score (nSPS) is 20.8. The molecule has 2 fully saturated rings. The van der Waals surface area contributed by atoms with E-state index in [1.165, 1.54) is 0 Å². The van der Waals surface area contributed by atoms with Crippen molar-refractivity contribution >= 4 is 11.6 Å². The predicted molar refractivity (Wildman–Crippen MR) is 121 cm³/mol. The number of rotatable bonds is 4. The molecule has 2 aromatic carbocycles. The Bertz CT molecular complexity index is 1030. The molecule has 5 rings (SSSR count). The van der Waals surface area contributed by atoms with Crippen molar-refractivity contribution < 1.29 is 14.3 Å². The number of likely N-dealkylation sites (tertiary alicyclic amines) is 1. The predicted octanol–water partition coefficient (Wildman–Crippen LogP) is 2.82. The van der Waals surface area contributed by atoms with Gasteiger partial charge in [0.05, 0.1) is 23.8 Å². The Morgan fingerprint density at radius 3 is 2.59 bits per heavy atom. The van der Waals surface area contributed by atoms with Crippen molar-refractivity contribution in [3.05, 3.63) is 53.6 Å². The second kappa shape index (κ2) is 9.09. The fourth-order valence-corrected chi connectivity index (χ4v) is 4.95. The van der Waals surface area contributed by atoms with E-state index in [4.69, 9.17) is 9.47 Å². The van der Waals surface area contributed by atoms with Gasteiger partial charge < -0.3 is 19.3 Å². The maximum atomic E-state index is 13.2. The zero-order chi connectivity index (χ0) is 21.9. The van der Waals surface area contributed by atoms with Gasteiger partial charge in [-0.15, -0.1) is 0 Å². The van der Waals surface area contributed by atoms with Crippen molar-refractivity contribution in [2.45, 2.75) is 18.9 Å². The average molecular weight is 433 g/mol. The lowest BCUT2D eigenvalue weighted by atomic mass is 10.0. The smallest absolute Gasteiger partial charge is 0.237 e. The Hall–Kier alpha value is -3.24. The van der Waals surface area contributed by atoms with Crippen LogP contribution in [0.25, 0.3) is 0 Å². The summed E-state index contributed by atoms with van der Waals surface area (Å²) in [6, 6.07) is 16.2. The topological polar surface area (TPSA) is 69.0 Å². The molecule has 0 spiro atoms. The van der Waals surface area contributed by atoms with Crippen LogP contribution in [0.15, 0.2) is 42.5 Å². The molecular formula is C25H28N4O3. The van der Waals surface area contributed by atoms with Crippen molar-refractivity contribution in [2.24, 2.45) is 0 Å². The molecule has 0 radical (unpaired) electrons. The van der Waals surface area contributed by atoms with E-state index in [1.54, 1.807) is 0 Å². The Morgan fingerprint density at radius 1 is 1.00 bits per heavy atom. The van der Waals surface area contributed by atoms with Gasteiger partial charge in [-0.2, -0.15) is 5.26 Å². The number of piperazine rings is 1. The van der Waals surface area contributed by atoms with Gasteiger partial charge in [-0.1, -0.05) is 18.2 Å². The van der Waals surface area contributed by atoms with Crippen molar-refractivity contribution in [1.82, 2.24) is 9.80 Å². The lowest BCUT2D eigenvalue weighted by molar-refractivity contribution is -0.133. The minimum atomic E-state index is 0.0992. The van der Waals surface area contributed by atoms with Gasteiger partial charge in [-0.05, 0) is 42.7 Å². The van der Waals surface area contributed by atoms with Crippen molar-refractivity contribution in [2.75, 3.05) is 57.4 Å². The highest BCUT2D eigenvalue weighted by atomic mass is 16.6. The highest BCUT2D eigenvalue weighted by molar-refractivity contribution is 5.79. The Balaban J connectivity index is 1.20. The summed E-state index contributed by atoms with van der Waals surface area (Å²) in [5, 5.41) is 9.37. The highest BCUT2D eigenvalue weighted by Crippen LogP contribution is 2.38. The molecule has 0 saturated carbocycles. The maximum Gasteiger partial charge on any atom is 0.237 e.